The Morgan fingerprint density at radius 3 is 2.46 bits per heavy atom. The van der Waals surface area contributed by atoms with E-state index in [1.807, 2.05) is 0 Å². The average molecular weight is 416 g/mol. The molecule has 28 heavy (non-hydrogen) atoms. The molecule has 1 heterocycles. The SMILES string of the molecule is O=C(O)C(F)(F)F.OC[C@@H]1CCCN1CCCOc1c[c]ccc1C(F)(F)F. The zero-order chi connectivity index (χ0) is 21.4. The lowest BCUT2D eigenvalue weighted by Crippen LogP contribution is -2.33. The van der Waals surface area contributed by atoms with Gasteiger partial charge in [-0.3, -0.25) is 4.90 Å². The van der Waals surface area contributed by atoms with E-state index in [4.69, 9.17) is 14.6 Å². The molecule has 1 saturated heterocycles. The number of rotatable bonds is 6. The van der Waals surface area contributed by atoms with Crippen molar-refractivity contribution in [1.82, 2.24) is 4.90 Å². The fourth-order valence-electron chi connectivity index (χ4n) is 2.61. The van der Waals surface area contributed by atoms with Crippen molar-refractivity contribution < 1.29 is 46.1 Å². The molecule has 0 amide bonds. The number of halogens is 6. The first-order valence-corrected chi connectivity index (χ1v) is 8.32. The summed E-state index contributed by atoms with van der Waals surface area (Å²) in [7, 11) is 0. The molecule has 2 N–H and O–H groups in total. The van der Waals surface area contributed by atoms with Gasteiger partial charge < -0.3 is 14.9 Å². The maximum atomic E-state index is 12.8. The molecule has 5 nitrogen and oxygen atoms in total. The minimum absolute atomic E-state index is 0.132. The summed E-state index contributed by atoms with van der Waals surface area (Å²) >= 11 is 0. The molecule has 2 rings (SSSR count). The molecule has 0 spiro atoms. The topological polar surface area (TPSA) is 70.0 Å². The molecule has 1 aromatic carbocycles. The molecule has 1 aliphatic rings. The third kappa shape index (κ3) is 7.93. The van der Waals surface area contributed by atoms with Gasteiger partial charge in [-0.05, 0) is 44.0 Å². The summed E-state index contributed by atoms with van der Waals surface area (Å²) in [4.78, 5) is 11.1. The summed E-state index contributed by atoms with van der Waals surface area (Å²) in [6.45, 7) is 2.00. The number of nitrogens with zero attached hydrogens (tertiary/aromatic N) is 1. The van der Waals surface area contributed by atoms with Gasteiger partial charge in [-0.1, -0.05) is 6.07 Å². The van der Waals surface area contributed by atoms with Crippen LogP contribution in [-0.4, -0.2) is 59.6 Å². The van der Waals surface area contributed by atoms with E-state index in [2.05, 4.69) is 11.0 Å². The monoisotopic (exact) mass is 416 g/mol. The number of carbonyl (C=O) groups is 1. The van der Waals surface area contributed by atoms with Gasteiger partial charge in [0.15, 0.2) is 0 Å². The number of hydrogen-bond donors (Lipinski definition) is 2. The van der Waals surface area contributed by atoms with Gasteiger partial charge in [0.25, 0.3) is 0 Å². The third-order valence-electron chi connectivity index (χ3n) is 3.93. The second kappa shape index (κ2) is 10.5. The van der Waals surface area contributed by atoms with E-state index < -0.39 is 23.9 Å². The van der Waals surface area contributed by atoms with Crippen LogP contribution in [0.4, 0.5) is 26.3 Å². The minimum Gasteiger partial charge on any atom is -0.493 e. The first kappa shape index (κ1) is 24.0. The van der Waals surface area contributed by atoms with Crippen molar-refractivity contribution in [3.05, 3.63) is 29.8 Å². The van der Waals surface area contributed by atoms with Crippen LogP contribution < -0.4 is 4.74 Å². The zero-order valence-corrected chi connectivity index (χ0v) is 14.7. The number of likely N-dealkylation sites (tertiary alicyclic amines) is 1. The normalized spacial score (nSPS) is 17.8. The Bertz CT molecular complexity index is 620. The van der Waals surface area contributed by atoms with Crippen LogP contribution in [-0.2, 0) is 11.0 Å². The van der Waals surface area contributed by atoms with Crippen molar-refractivity contribution in [3.8, 4) is 5.75 Å². The highest BCUT2D eigenvalue weighted by Gasteiger charge is 2.38. The lowest BCUT2D eigenvalue weighted by atomic mass is 10.2. The number of benzene rings is 1. The lowest BCUT2D eigenvalue weighted by molar-refractivity contribution is -0.192. The lowest BCUT2D eigenvalue weighted by Gasteiger charge is -2.22. The molecule has 1 fully saturated rings. The molecule has 0 saturated carbocycles. The van der Waals surface area contributed by atoms with E-state index >= 15 is 0 Å². The molecule has 1 aromatic rings. The summed E-state index contributed by atoms with van der Waals surface area (Å²) in [5.74, 6) is -2.93. The Hall–Kier alpha value is -2.01. The van der Waals surface area contributed by atoms with Crippen molar-refractivity contribution in [1.29, 1.82) is 0 Å². The van der Waals surface area contributed by atoms with Crippen LogP contribution in [0.15, 0.2) is 18.2 Å². The number of aliphatic carboxylic acids is 1. The molecule has 0 aliphatic carbocycles. The van der Waals surface area contributed by atoms with E-state index in [9.17, 15) is 31.4 Å². The van der Waals surface area contributed by atoms with Crippen LogP contribution in [0.1, 0.15) is 24.8 Å². The second-order valence-corrected chi connectivity index (χ2v) is 5.94. The predicted octanol–water partition coefficient (Wildman–Crippen LogP) is 3.36. The van der Waals surface area contributed by atoms with E-state index in [-0.39, 0.29) is 25.0 Å². The second-order valence-electron chi connectivity index (χ2n) is 5.94. The highest BCUT2D eigenvalue weighted by Crippen LogP contribution is 2.35. The van der Waals surface area contributed by atoms with Gasteiger partial charge in [0.05, 0.1) is 18.8 Å². The number of ether oxygens (including phenoxy) is 1. The minimum atomic E-state index is -5.08. The van der Waals surface area contributed by atoms with Crippen molar-refractivity contribution >= 4 is 5.97 Å². The van der Waals surface area contributed by atoms with E-state index in [1.165, 1.54) is 12.1 Å². The van der Waals surface area contributed by atoms with Gasteiger partial charge in [-0.15, -0.1) is 0 Å². The van der Waals surface area contributed by atoms with Gasteiger partial charge in [-0.25, -0.2) is 4.79 Å². The van der Waals surface area contributed by atoms with Crippen LogP contribution >= 0.6 is 0 Å². The van der Waals surface area contributed by atoms with E-state index in [1.54, 1.807) is 0 Å². The van der Waals surface area contributed by atoms with Crippen molar-refractivity contribution in [2.45, 2.75) is 37.7 Å². The standard InChI is InChI=1S/C15H19F3NO2.C2HF3O2/c16-15(17,18)13-6-1-2-7-14(13)21-10-4-9-19-8-3-5-12(19)11-20;3-2(4,5)1(6)7/h1,6-7,12,20H,3-5,8-11H2;(H,6,7)/t12-;/m0./s1. The van der Waals surface area contributed by atoms with Crippen molar-refractivity contribution in [2.24, 2.45) is 0 Å². The Labute approximate surface area is 157 Å². The van der Waals surface area contributed by atoms with Crippen molar-refractivity contribution in [3.63, 3.8) is 0 Å². The third-order valence-corrected chi connectivity index (χ3v) is 3.93. The summed E-state index contributed by atoms with van der Waals surface area (Å²) in [6.07, 6.45) is -6.84. The average Bonchev–Trinajstić information content (AvgIpc) is 3.05. The Morgan fingerprint density at radius 2 is 1.93 bits per heavy atom. The number of hydrogen-bond acceptors (Lipinski definition) is 4. The first-order chi connectivity index (χ1) is 13.0. The molecule has 0 bridgehead atoms. The largest absolute Gasteiger partial charge is 0.493 e. The van der Waals surface area contributed by atoms with Gasteiger partial charge >= 0.3 is 18.3 Å². The molecule has 11 heteroatoms. The van der Waals surface area contributed by atoms with Crippen LogP contribution in [0.25, 0.3) is 0 Å². The molecular weight excluding hydrogens is 396 g/mol. The summed E-state index contributed by atoms with van der Waals surface area (Å²) in [6, 6.07) is 6.20. The van der Waals surface area contributed by atoms with E-state index in [0.29, 0.717) is 6.42 Å². The highest BCUT2D eigenvalue weighted by atomic mass is 19.4. The summed E-state index contributed by atoms with van der Waals surface area (Å²) < 4.78 is 75.3. The maximum absolute atomic E-state index is 12.8. The molecular formula is C17H20F6NO4. The molecule has 0 unspecified atom stereocenters. The Morgan fingerprint density at radius 1 is 1.29 bits per heavy atom. The number of carboxylic acid groups (broad SMARTS) is 1. The number of aliphatic hydroxyl groups is 1. The predicted molar refractivity (Wildman–Crippen MR) is 85.8 cm³/mol. The summed E-state index contributed by atoms with van der Waals surface area (Å²) in [5.41, 5.74) is -0.768. The molecule has 1 atom stereocenters. The van der Waals surface area contributed by atoms with E-state index in [0.717, 1.165) is 32.0 Å². The van der Waals surface area contributed by atoms with Crippen LogP contribution in [0.3, 0.4) is 0 Å². The molecule has 159 valence electrons. The summed E-state index contributed by atoms with van der Waals surface area (Å²) in [5, 5.41) is 16.3. The Kier molecular flexibility index (Phi) is 9.02. The molecule has 1 radical (unpaired) electrons. The number of carboxylic acids is 1. The highest BCUT2D eigenvalue weighted by molar-refractivity contribution is 5.73. The van der Waals surface area contributed by atoms with Crippen LogP contribution in [0.2, 0.25) is 0 Å². The smallest absolute Gasteiger partial charge is 0.490 e. The van der Waals surface area contributed by atoms with Crippen LogP contribution in [0, 0.1) is 6.07 Å². The number of aliphatic hydroxyl groups excluding tert-OH is 1. The Balaban J connectivity index is 0.000000480. The fourth-order valence-corrected chi connectivity index (χ4v) is 2.61. The zero-order valence-electron chi connectivity index (χ0n) is 14.7. The number of alkyl halides is 6. The van der Waals surface area contributed by atoms with Crippen molar-refractivity contribution in [2.75, 3.05) is 26.3 Å². The maximum Gasteiger partial charge on any atom is 0.490 e. The fraction of sp³-hybridized carbons (Fsp3) is 0.588. The van der Waals surface area contributed by atoms with Gasteiger partial charge in [-0.2, -0.15) is 26.3 Å². The van der Waals surface area contributed by atoms with Gasteiger partial charge in [0.2, 0.25) is 0 Å². The molecule has 1 aliphatic heterocycles. The van der Waals surface area contributed by atoms with Gasteiger partial charge in [0, 0.05) is 12.6 Å². The molecule has 0 aromatic heterocycles. The van der Waals surface area contributed by atoms with Gasteiger partial charge in [0.1, 0.15) is 5.75 Å². The van der Waals surface area contributed by atoms with Crippen LogP contribution in [0.5, 0.6) is 5.75 Å². The quantitative estimate of drug-likeness (QED) is 0.550. The first-order valence-electron chi connectivity index (χ1n) is 8.32.